The summed E-state index contributed by atoms with van der Waals surface area (Å²) in [5.41, 5.74) is 3.25. The van der Waals surface area contributed by atoms with Crippen LogP contribution in [0.3, 0.4) is 0 Å². The molecular formula is C14H14O2. The second kappa shape index (κ2) is 3.89. The van der Waals surface area contributed by atoms with E-state index in [4.69, 9.17) is 0 Å². The minimum absolute atomic E-state index is 0.230. The summed E-state index contributed by atoms with van der Waals surface area (Å²) >= 11 is 0. The van der Waals surface area contributed by atoms with E-state index in [1.165, 1.54) is 0 Å². The summed E-state index contributed by atoms with van der Waals surface area (Å²) < 4.78 is 0. The van der Waals surface area contributed by atoms with Crippen LogP contribution in [0, 0.1) is 13.8 Å². The van der Waals surface area contributed by atoms with Crippen molar-refractivity contribution in [2.45, 2.75) is 13.8 Å². The first-order chi connectivity index (χ1) is 7.61. The first kappa shape index (κ1) is 10.6. The average molecular weight is 214 g/mol. The highest BCUT2D eigenvalue weighted by atomic mass is 16.3. The quantitative estimate of drug-likeness (QED) is 0.764. The smallest absolute Gasteiger partial charge is 0.123 e. The summed E-state index contributed by atoms with van der Waals surface area (Å²) in [7, 11) is 0. The van der Waals surface area contributed by atoms with Crippen LogP contribution in [0.5, 0.6) is 11.5 Å². The second-order valence-electron chi connectivity index (χ2n) is 3.92. The van der Waals surface area contributed by atoms with Gasteiger partial charge < -0.3 is 10.2 Å². The number of aromatic hydroxyl groups is 2. The molecule has 16 heavy (non-hydrogen) atoms. The average Bonchev–Trinajstić information content (AvgIpc) is 2.28. The van der Waals surface area contributed by atoms with Gasteiger partial charge >= 0.3 is 0 Å². The fourth-order valence-corrected chi connectivity index (χ4v) is 1.83. The SMILES string of the molecule is Cc1ccc(-c2ccccc2O)c(C)c1O. The van der Waals surface area contributed by atoms with Gasteiger partial charge in [0.25, 0.3) is 0 Å². The second-order valence-corrected chi connectivity index (χ2v) is 3.92. The van der Waals surface area contributed by atoms with E-state index in [9.17, 15) is 10.2 Å². The van der Waals surface area contributed by atoms with Crippen LogP contribution in [0.2, 0.25) is 0 Å². The maximum absolute atomic E-state index is 9.86. The number of hydrogen-bond acceptors (Lipinski definition) is 2. The van der Waals surface area contributed by atoms with Crippen LogP contribution >= 0.6 is 0 Å². The predicted octanol–water partition coefficient (Wildman–Crippen LogP) is 3.38. The van der Waals surface area contributed by atoms with E-state index in [0.29, 0.717) is 5.75 Å². The lowest BCUT2D eigenvalue weighted by atomic mass is 9.97. The zero-order valence-electron chi connectivity index (χ0n) is 9.36. The van der Waals surface area contributed by atoms with E-state index >= 15 is 0 Å². The van der Waals surface area contributed by atoms with Crippen LogP contribution < -0.4 is 0 Å². The van der Waals surface area contributed by atoms with E-state index in [1.54, 1.807) is 12.1 Å². The monoisotopic (exact) mass is 214 g/mol. The lowest BCUT2D eigenvalue weighted by molar-refractivity contribution is 0.466. The molecular weight excluding hydrogens is 200 g/mol. The summed E-state index contributed by atoms with van der Waals surface area (Å²) in [6.07, 6.45) is 0. The molecule has 2 nitrogen and oxygen atoms in total. The van der Waals surface area contributed by atoms with Crippen LogP contribution in [-0.2, 0) is 0 Å². The van der Waals surface area contributed by atoms with Crippen LogP contribution in [0.1, 0.15) is 11.1 Å². The topological polar surface area (TPSA) is 40.5 Å². The van der Waals surface area contributed by atoms with Gasteiger partial charge in [0.1, 0.15) is 11.5 Å². The fourth-order valence-electron chi connectivity index (χ4n) is 1.83. The number of para-hydroxylation sites is 1. The van der Waals surface area contributed by atoms with Gasteiger partial charge in [-0.25, -0.2) is 0 Å². The Labute approximate surface area is 94.8 Å². The maximum Gasteiger partial charge on any atom is 0.123 e. The highest BCUT2D eigenvalue weighted by Crippen LogP contribution is 2.35. The number of phenols is 2. The van der Waals surface area contributed by atoms with Crippen molar-refractivity contribution < 1.29 is 10.2 Å². The van der Waals surface area contributed by atoms with Gasteiger partial charge in [0.2, 0.25) is 0 Å². The molecule has 2 N–H and O–H groups in total. The lowest BCUT2D eigenvalue weighted by Crippen LogP contribution is -1.87. The van der Waals surface area contributed by atoms with E-state index < -0.39 is 0 Å². The highest BCUT2D eigenvalue weighted by Gasteiger charge is 2.10. The molecule has 0 saturated heterocycles. The Balaban J connectivity index is 2.66. The van der Waals surface area contributed by atoms with Crippen molar-refractivity contribution >= 4 is 0 Å². The summed E-state index contributed by atoms with van der Waals surface area (Å²) in [5, 5.41) is 19.6. The standard InChI is InChI=1S/C14H14O2/c1-9-7-8-11(10(2)14(9)16)12-5-3-4-6-13(12)15/h3-8,15-16H,1-2H3. The van der Waals surface area contributed by atoms with Crippen molar-refractivity contribution in [2.75, 3.05) is 0 Å². The molecule has 82 valence electrons. The van der Waals surface area contributed by atoms with Crippen LogP contribution in [0.25, 0.3) is 11.1 Å². The lowest BCUT2D eigenvalue weighted by Gasteiger charge is -2.11. The van der Waals surface area contributed by atoms with E-state index in [-0.39, 0.29) is 5.75 Å². The Morgan fingerprint density at radius 1 is 0.812 bits per heavy atom. The third-order valence-corrected chi connectivity index (χ3v) is 2.83. The van der Waals surface area contributed by atoms with E-state index in [1.807, 2.05) is 38.1 Å². The number of rotatable bonds is 1. The van der Waals surface area contributed by atoms with Gasteiger partial charge in [0, 0.05) is 5.56 Å². The van der Waals surface area contributed by atoms with Gasteiger partial charge in [-0.05, 0) is 36.6 Å². The molecule has 0 unspecified atom stereocenters. The molecule has 2 rings (SSSR count). The van der Waals surface area contributed by atoms with Crippen molar-refractivity contribution in [3.63, 3.8) is 0 Å². The molecule has 0 aromatic heterocycles. The summed E-state index contributed by atoms with van der Waals surface area (Å²) in [5.74, 6) is 0.523. The van der Waals surface area contributed by atoms with E-state index in [2.05, 4.69) is 0 Å². The zero-order valence-corrected chi connectivity index (χ0v) is 9.36. The third kappa shape index (κ3) is 1.63. The molecule has 2 aromatic rings. The Kier molecular flexibility index (Phi) is 2.57. The molecule has 0 saturated carbocycles. The van der Waals surface area contributed by atoms with Gasteiger partial charge in [0.05, 0.1) is 0 Å². The molecule has 0 atom stereocenters. The van der Waals surface area contributed by atoms with Crippen molar-refractivity contribution in [2.24, 2.45) is 0 Å². The number of aryl methyl sites for hydroxylation is 1. The Hall–Kier alpha value is -1.96. The summed E-state index contributed by atoms with van der Waals surface area (Å²) in [4.78, 5) is 0. The van der Waals surface area contributed by atoms with Gasteiger partial charge in [-0.2, -0.15) is 0 Å². The molecule has 0 radical (unpaired) electrons. The molecule has 0 aliphatic carbocycles. The molecule has 0 amide bonds. The largest absolute Gasteiger partial charge is 0.507 e. The van der Waals surface area contributed by atoms with Crippen LogP contribution in [-0.4, -0.2) is 10.2 Å². The minimum atomic E-state index is 0.230. The van der Waals surface area contributed by atoms with Crippen LogP contribution in [0.4, 0.5) is 0 Å². The summed E-state index contributed by atoms with van der Waals surface area (Å²) in [6.45, 7) is 3.71. The molecule has 0 aliphatic rings. The minimum Gasteiger partial charge on any atom is -0.507 e. The number of benzene rings is 2. The maximum atomic E-state index is 9.86. The van der Waals surface area contributed by atoms with Crippen molar-refractivity contribution in [3.05, 3.63) is 47.5 Å². The third-order valence-electron chi connectivity index (χ3n) is 2.83. The molecule has 0 heterocycles. The fraction of sp³-hybridized carbons (Fsp3) is 0.143. The number of hydrogen-bond donors (Lipinski definition) is 2. The first-order valence-electron chi connectivity index (χ1n) is 5.19. The van der Waals surface area contributed by atoms with Gasteiger partial charge in [-0.1, -0.05) is 30.3 Å². The van der Waals surface area contributed by atoms with Gasteiger partial charge in [0.15, 0.2) is 0 Å². The zero-order chi connectivity index (χ0) is 11.7. The molecule has 0 fully saturated rings. The Bertz CT molecular complexity index is 530. The predicted molar refractivity (Wildman–Crippen MR) is 64.7 cm³/mol. The molecule has 2 aromatic carbocycles. The summed E-state index contributed by atoms with van der Waals surface area (Å²) in [6, 6.07) is 10.9. The van der Waals surface area contributed by atoms with Gasteiger partial charge in [-0.3, -0.25) is 0 Å². The van der Waals surface area contributed by atoms with Crippen LogP contribution in [0.15, 0.2) is 36.4 Å². The Morgan fingerprint density at radius 3 is 2.19 bits per heavy atom. The molecule has 0 bridgehead atoms. The number of phenolic OH excluding ortho intramolecular Hbond substituents is 2. The molecule has 0 aliphatic heterocycles. The van der Waals surface area contributed by atoms with Gasteiger partial charge in [-0.15, -0.1) is 0 Å². The van der Waals surface area contributed by atoms with Crippen molar-refractivity contribution in [1.29, 1.82) is 0 Å². The molecule has 2 heteroatoms. The Morgan fingerprint density at radius 2 is 1.50 bits per heavy atom. The van der Waals surface area contributed by atoms with Crippen molar-refractivity contribution in [3.8, 4) is 22.6 Å². The highest BCUT2D eigenvalue weighted by molar-refractivity contribution is 5.75. The normalized spacial score (nSPS) is 10.4. The van der Waals surface area contributed by atoms with E-state index in [0.717, 1.165) is 22.3 Å². The molecule has 0 spiro atoms. The first-order valence-corrected chi connectivity index (χ1v) is 5.19. The van der Waals surface area contributed by atoms with Crippen molar-refractivity contribution in [1.82, 2.24) is 0 Å².